The molecule has 3 aliphatic rings. The summed E-state index contributed by atoms with van der Waals surface area (Å²) in [6.45, 7) is 1.88. The summed E-state index contributed by atoms with van der Waals surface area (Å²) < 4.78 is 5.98. The SMILES string of the molecule is CN(C(=O)[C@H]1CCCN1C(=O)O)C1CCN(c2ccc(NC(=O)Nc3ccc(OC4CCCC4)cc3)cc2)C1. The minimum Gasteiger partial charge on any atom is -0.490 e. The normalized spacial score (nSPS) is 21.2. The topological polar surface area (TPSA) is 114 Å². The molecule has 1 unspecified atom stereocenters. The van der Waals surface area contributed by atoms with Crippen LogP contribution in [0, 0.1) is 0 Å². The number of urea groups is 1. The highest BCUT2D eigenvalue weighted by atomic mass is 16.5. The van der Waals surface area contributed by atoms with E-state index in [0.29, 0.717) is 43.4 Å². The van der Waals surface area contributed by atoms with E-state index in [-0.39, 0.29) is 18.0 Å². The van der Waals surface area contributed by atoms with Gasteiger partial charge in [0.2, 0.25) is 5.91 Å². The van der Waals surface area contributed by atoms with Crippen LogP contribution in [0.25, 0.3) is 0 Å². The number of amides is 4. The molecule has 3 N–H and O–H groups in total. The second kappa shape index (κ2) is 11.8. The number of likely N-dealkylation sites (tertiary alicyclic amines) is 1. The third-order valence-electron chi connectivity index (χ3n) is 8.05. The van der Waals surface area contributed by atoms with Crippen LogP contribution in [0.15, 0.2) is 48.5 Å². The molecule has 0 bridgehead atoms. The summed E-state index contributed by atoms with van der Waals surface area (Å²) in [7, 11) is 1.77. The Morgan fingerprint density at radius 3 is 2.15 bits per heavy atom. The Kier molecular flexibility index (Phi) is 8.09. The van der Waals surface area contributed by atoms with E-state index >= 15 is 0 Å². The number of hydrogen-bond donors (Lipinski definition) is 3. The Balaban J connectivity index is 1.09. The molecule has 1 saturated carbocycles. The number of anilines is 3. The fraction of sp³-hybridized carbons (Fsp3) is 0.483. The van der Waals surface area contributed by atoms with Crippen LogP contribution in [0.1, 0.15) is 44.9 Å². The third kappa shape index (κ3) is 6.38. The highest BCUT2D eigenvalue weighted by molar-refractivity contribution is 5.99. The maximum Gasteiger partial charge on any atom is 0.407 e. The van der Waals surface area contributed by atoms with Crippen molar-refractivity contribution in [3.8, 4) is 5.75 Å². The van der Waals surface area contributed by atoms with Crippen LogP contribution in [0.3, 0.4) is 0 Å². The van der Waals surface area contributed by atoms with E-state index in [2.05, 4.69) is 15.5 Å². The number of rotatable bonds is 7. The van der Waals surface area contributed by atoms with Gasteiger partial charge in [-0.1, -0.05) is 0 Å². The van der Waals surface area contributed by atoms with Crippen molar-refractivity contribution in [3.05, 3.63) is 48.5 Å². The van der Waals surface area contributed by atoms with Crippen LogP contribution in [0.4, 0.5) is 26.7 Å². The van der Waals surface area contributed by atoms with E-state index in [1.807, 2.05) is 48.5 Å². The van der Waals surface area contributed by atoms with Gasteiger partial charge in [-0.15, -0.1) is 0 Å². The third-order valence-corrected chi connectivity index (χ3v) is 8.05. The summed E-state index contributed by atoms with van der Waals surface area (Å²) in [6.07, 6.45) is 6.02. The monoisotopic (exact) mass is 535 g/mol. The Bertz CT molecular complexity index is 1170. The first-order valence-corrected chi connectivity index (χ1v) is 13.8. The number of carbonyl (C=O) groups is 3. The van der Waals surface area contributed by atoms with Crippen LogP contribution in [-0.2, 0) is 4.79 Å². The maximum atomic E-state index is 13.0. The van der Waals surface area contributed by atoms with Gasteiger partial charge in [-0.2, -0.15) is 0 Å². The fourth-order valence-corrected chi connectivity index (χ4v) is 5.82. The van der Waals surface area contributed by atoms with Crippen molar-refractivity contribution < 1.29 is 24.2 Å². The molecular weight excluding hydrogens is 498 g/mol. The Morgan fingerprint density at radius 1 is 0.872 bits per heavy atom. The highest BCUT2D eigenvalue weighted by Gasteiger charge is 2.38. The van der Waals surface area contributed by atoms with E-state index < -0.39 is 12.1 Å². The number of carbonyl (C=O) groups excluding carboxylic acids is 2. The molecule has 2 atom stereocenters. The molecule has 3 fully saturated rings. The number of carboxylic acid groups (broad SMARTS) is 1. The molecule has 39 heavy (non-hydrogen) atoms. The zero-order valence-electron chi connectivity index (χ0n) is 22.3. The average molecular weight is 536 g/mol. The minimum absolute atomic E-state index is 0.0206. The van der Waals surface area contributed by atoms with E-state index in [4.69, 9.17) is 4.74 Å². The van der Waals surface area contributed by atoms with Crippen molar-refractivity contribution in [2.45, 2.75) is 63.1 Å². The molecule has 10 nitrogen and oxygen atoms in total. The standard InChI is InChI=1S/C29H37N5O5/c1-32(27(35)26-7-4-17-34(26)29(37)38)23-16-18-33(19-23)22-12-8-20(9-13-22)30-28(36)31-21-10-14-25(15-11-21)39-24-5-2-3-6-24/h8-15,23-24,26H,2-7,16-19H2,1H3,(H,37,38)(H2,30,31,36)/t23?,26-/m1/s1. The van der Waals surface area contributed by atoms with Gasteiger partial charge in [-0.25, -0.2) is 9.59 Å². The van der Waals surface area contributed by atoms with Gasteiger partial charge in [-0.05, 0) is 93.5 Å². The van der Waals surface area contributed by atoms with Crippen LogP contribution >= 0.6 is 0 Å². The van der Waals surface area contributed by atoms with E-state index in [1.165, 1.54) is 17.7 Å². The Hall–Kier alpha value is -3.95. The lowest BCUT2D eigenvalue weighted by Crippen LogP contribution is -2.49. The van der Waals surface area contributed by atoms with Gasteiger partial charge in [0.1, 0.15) is 11.8 Å². The van der Waals surface area contributed by atoms with Crippen molar-refractivity contribution in [2.75, 3.05) is 42.2 Å². The first kappa shape index (κ1) is 26.6. The lowest BCUT2D eigenvalue weighted by atomic mass is 10.1. The van der Waals surface area contributed by atoms with Crippen molar-refractivity contribution in [3.63, 3.8) is 0 Å². The number of ether oxygens (including phenoxy) is 1. The zero-order valence-corrected chi connectivity index (χ0v) is 22.3. The zero-order chi connectivity index (χ0) is 27.4. The summed E-state index contributed by atoms with van der Waals surface area (Å²) in [5.41, 5.74) is 2.37. The van der Waals surface area contributed by atoms with Crippen LogP contribution in [-0.4, -0.2) is 77.8 Å². The molecule has 2 aromatic rings. The van der Waals surface area contributed by atoms with Gasteiger partial charge in [0.15, 0.2) is 0 Å². The second-order valence-electron chi connectivity index (χ2n) is 10.6. The van der Waals surface area contributed by atoms with Crippen molar-refractivity contribution >= 4 is 35.1 Å². The number of nitrogens with zero attached hydrogens (tertiary/aromatic N) is 3. The van der Waals surface area contributed by atoms with Crippen LogP contribution < -0.4 is 20.3 Å². The predicted molar refractivity (Wildman–Crippen MR) is 150 cm³/mol. The summed E-state index contributed by atoms with van der Waals surface area (Å²) in [5.74, 6) is 0.701. The quantitative estimate of drug-likeness (QED) is 0.468. The van der Waals surface area contributed by atoms with Gasteiger partial charge < -0.3 is 30.3 Å². The minimum atomic E-state index is -1.03. The molecule has 4 amide bonds. The van der Waals surface area contributed by atoms with Gasteiger partial charge in [0, 0.05) is 43.7 Å². The maximum absolute atomic E-state index is 13.0. The molecule has 2 saturated heterocycles. The summed E-state index contributed by atoms with van der Waals surface area (Å²) in [5, 5.41) is 15.1. The highest BCUT2D eigenvalue weighted by Crippen LogP contribution is 2.27. The van der Waals surface area contributed by atoms with E-state index in [0.717, 1.165) is 37.2 Å². The summed E-state index contributed by atoms with van der Waals surface area (Å²) in [6, 6.07) is 14.2. The predicted octanol–water partition coefficient (Wildman–Crippen LogP) is 4.83. The van der Waals surface area contributed by atoms with Crippen LogP contribution in [0.2, 0.25) is 0 Å². The lowest BCUT2D eigenvalue weighted by molar-refractivity contribution is -0.135. The van der Waals surface area contributed by atoms with Crippen molar-refractivity contribution in [1.82, 2.24) is 9.80 Å². The molecule has 0 radical (unpaired) electrons. The first-order valence-electron chi connectivity index (χ1n) is 13.8. The summed E-state index contributed by atoms with van der Waals surface area (Å²) >= 11 is 0. The molecule has 10 heteroatoms. The molecule has 2 aromatic carbocycles. The number of benzene rings is 2. The van der Waals surface area contributed by atoms with Crippen LogP contribution in [0.5, 0.6) is 5.75 Å². The molecular formula is C29H37N5O5. The molecule has 0 spiro atoms. The largest absolute Gasteiger partial charge is 0.490 e. The number of hydrogen-bond acceptors (Lipinski definition) is 5. The van der Waals surface area contributed by atoms with Gasteiger partial charge >= 0.3 is 12.1 Å². The number of nitrogens with one attached hydrogen (secondary N) is 2. The second-order valence-corrected chi connectivity index (χ2v) is 10.6. The molecule has 5 rings (SSSR count). The first-order chi connectivity index (χ1) is 18.9. The Morgan fingerprint density at radius 2 is 1.51 bits per heavy atom. The molecule has 0 aromatic heterocycles. The van der Waals surface area contributed by atoms with E-state index in [9.17, 15) is 19.5 Å². The van der Waals surface area contributed by atoms with Gasteiger partial charge in [-0.3, -0.25) is 9.69 Å². The Labute approximate surface area is 228 Å². The smallest absolute Gasteiger partial charge is 0.407 e. The molecule has 2 aliphatic heterocycles. The van der Waals surface area contributed by atoms with Gasteiger partial charge in [0.05, 0.1) is 12.1 Å². The number of likely N-dealkylation sites (N-methyl/N-ethyl adjacent to an activating group) is 1. The van der Waals surface area contributed by atoms with E-state index in [1.54, 1.807) is 11.9 Å². The van der Waals surface area contributed by atoms with Crippen molar-refractivity contribution in [1.29, 1.82) is 0 Å². The average Bonchev–Trinajstić information content (AvgIpc) is 3.71. The summed E-state index contributed by atoms with van der Waals surface area (Å²) in [4.78, 5) is 42.2. The molecule has 208 valence electrons. The molecule has 1 aliphatic carbocycles. The fourth-order valence-electron chi connectivity index (χ4n) is 5.82. The van der Waals surface area contributed by atoms with Crippen molar-refractivity contribution in [2.24, 2.45) is 0 Å². The van der Waals surface area contributed by atoms with Gasteiger partial charge in [0.25, 0.3) is 0 Å². The lowest BCUT2D eigenvalue weighted by Gasteiger charge is -2.30. The molecule has 2 heterocycles.